The maximum atomic E-state index is 12.2. The number of carbonyl (C=O) groups is 1. The highest BCUT2D eigenvalue weighted by Crippen LogP contribution is 2.35. The highest BCUT2D eigenvalue weighted by atomic mass is 35.5. The average Bonchev–Trinajstić information content (AvgIpc) is 2.46. The van der Waals surface area contributed by atoms with E-state index in [1.165, 1.54) is 19.3 Å². The topological polar surface area (TPSA) is 80.0 Å². The third kappa shape index (κ3) is 3.61. The van der Waals surface area contributed by atoms with Gasteiger partial charge in [0.2, 0.25) is 0 Å². The molecule has 1 saturated carbocycles. The Balaban J connectivity index is 2.01. The van der Waals surface area contributed by atoms with Gasteiger partial charge in [0.1, 0.15) is 11.5 Å². The number of hydrogen-bond donors (Lipinski definition) is 3. The number of halogens is 1. The standard InChI is InChI=1S/C14H21ClN4O/c1-14(7-3-2-4-8-14)9-17-13(20)12-10(15)5-6-11(18-12)19-16/h5-6H,2-4,7-9,16H2,1H3,(H,17,20)(H,18,19). The fourth-order valence-electron chi connectivity index (χ4n) is 2.64. The maximum absolute atomic E-state index is 12.2. The molecule has 5 nitrogen and oxygen atoms in total. The van der Waals surface area contributed by atoms with Crippen LogP contribution in [0.25, 0.3) is 0 Å². The van der Waals surface area contributed by atoms with Crippen LogP contribution in [0.1, 0.15) is 49.5 Å². The number of nitrogens with zero attached hydrogens (tertiary/aromatic N) is 1. The monoisotopic (exact) mass is 296 g/mol. The Kier molecular flexibility index (Phi) is 4.83. The third-order valence-corrected chi connectivity index (χ3v) is 4.25. The molecular weight excluding hydrogens is 276 g/mol. The zero-order valence-corrected chi connectivity index (χ0v) is 12.5. The second-order valence-electron chi connectivity index (χ2n) is 5.73. The van der Waals surface area contributed by atoms with Crippen LogP contribution in [0.5, 0.6) is 0 Å². The summed E-state index contributed by atoms with van der Waals surface area (Å²) in [5.41, 5.74) is 2.81. The number of nitrogen functional groups attached to an aromatic ring is 1. The summed E-state index contributed by atoms with van der Waals surface area (Å²) in [4.78, 5) is 16.3. The molecule has 0 unspecified atom stereocenters. The molecule has 0 spiro atoms. The Morgan fingerprint density at radius 2 is 2.10 bits per heavy atom. The van der Waals surface area contributed by atoms with Crippen molar-refractivity contribution in [2.24, 2.45) is 11.3 Å². The highest BCUT2D eigenvalue weighted by Gasteiger charge is 2.27. The predicted molar refractivity (Wildman–Crippen MR) is 80.6 cm³/mol. The molecule has 20 heavy (non-hydrogen) atoms. The Bertz CT molecular complexity index is 486. The number of nitrogens with two attached hydrogens (primary N) is 1. The van der Waals surface area contributed by atoms with Crippen molar-refractivity contribution >= 4 is 23.3 Å². The summed E-state index contributed by atoms with van der Waals surface area (Å²) in [6.45, 7) is 2.88. The summed E-state index contributed by atoms with van der Waals surface area (Å²) in [6, 6.07) is 3.24. The molecule has 0 atom stereocenters. The molecule has 1 aliphatic carbocycles. The molecule has 1 aliphatic rings. The summed E-state index contributed by atoms with van der Waals surface area (Å²) < 4.78 is 0. The number of nitrogens with one attached hydrogen (secondary N) is 2. The number of pyridine rings is 1. The minimum atomic E-state index is -0.251. The fraction of sp³-hybridized carbons (Fsp3) is 0.571. The van der Waals surface area contributed by atoms with Gasteiger partial charge in [-0.2, -0.15) is 0 Å². The maximum Gasteiger partial charge on any atom is 0.271 e. The van der Waals surface area contributed by atoms with Gasteiger partial charge in [-0.3, -0.25) is 4.79 Å². The molecule has 110 valence electrons. The van der Waals surface area contributed by atoms with Gasteiger partial charge < -0.3 is 10.7 Å². The molecule has 0 radical (unpaired) electrons. The third-order valence-electron chi connectivity index (χ3n) is 3.95. The Morgan fingerprint density at radius 3 is 2.75 bits per heavy atom. The highest BCUT2D eigenvalue weighted by molar-refractivity contribution is 6.33. The molecule has 0 aliphatic heterocycles. The van der Waals surface area contributed by atoms with Crippen LogP contribution in [-0.2, 0) is 0 Å². The van der Waals surface area contributed by atoms with Crippen LogP contribution < -0.4 is 16.6 Å². The Hall–Kier alpha value is -1.33. The number of hydrogen-bond acceptors (Lipinski definition) is 4. The molecule has 2 rings (SSSR count). The second-order valence-corrected chi connectivity index (χ2v) is 6.13. The normalized spacial score (nSPS) is 17.6. The minimum absolute atomic E-state index is 0.185. The van der Waals surface area contributed by atoms with E-state index in [1.807, 2.05) is 0 Å². The lowest BCUT2D eigenvalue weighted by Crippen LogP contribution is -2.37. The quantitative estimate of drug-likeness (QED) is 0.589. The average molecular weight is 297 g/mol. The number of aromatic nitrogens is 1. The van der Waals surface area contributed by atoms with E-state index in [9.17, 15) is 4.79 Å². The van der Waals surface area contributed by atoms with E-state index in [0.717, 1.165) is 12.8 Å². The molecule has 1 heterocycles. The summed E-state index contributed by atoms with van der Waals surface area (Å²) in [5.74, 6) is 5.46. The van der Waals surface area contributed by atoms with E-state index in [-0.39, 0.29) is 17.0 Å². The van der Waals surface area contributed by atoms with Gasteiger partial charge in [-0.15, -0.1) is 0 Å². The van der Waals surface area contributed by atoms with Gasteiger partial charge in [0.25, 0.3) is 5.91 Å². The van der Waals surface area contributed by atoms with Crippen molar-refractivity contribution in [1.29, 1.82) is 0 Å². The molecule has 1 amide bonds. The summed E-state index contributed by atoms with van der Waals surface area (Å²) in [7, 11) is 0. The molecule has 1 aromatic rings. The molecule has 6 heteroatoms. The van der Waals surface area contributed by atoms with Gasteiger partial charge >= 0.3 is 0 Å². The molecular formula is C14H21ClN4O. The van der Waals surface area contributed by atoms with Gasteiger partial charge in [-0.1, -0.05) is 37.8 Å². The van der Waals surface area contributed by atoms with Crippen molar-refractivity contribution in [3.63, 3.8) is 0 Å². The molecule has 1 fully saturated rings. The molecule has 1 aromatic heterocycles. The Morgan fingerprint density at radius 1 is 1.40 bits per heavy atom. The molecule has 0 aromatic carbocycles. The van der Waals surface area contributed by atoms with Crippen molar-refractivity contribution in [3.8, 4) is 0 Å². The van der Waals surface area contributed by atoms with Gasteiger partial charge in [0, 0.05) is 6.54 Å². The first-order valence-electron chi connectivity index (χ1n) is 6.95. The minimum Gasteiger partial charge on any atom is -0.350 e. The van der Waals surface area contributed by atoms with Gasteiger partial charge in [-0.05, 0) is 30.4 Å². The first-order chi connectivity index (χ1) is 9.54. The van der Waals surface area contributed by atoms with Crippen LogP contribution in [0.4, 0.5) is 5.82 Å². The van der Waals surface area contributed by atoms with E-state index in [0.29, 0.717) is 17.4 Å². The van der Waals surface area contributed by atoms with Gasteiger partial charge in [0.15, 0.2) is 0 Å². The van der Waals surface area contributed by atoms with E-state index in [1.54, 1.807) is 12.1 Å². The first-order valence-corrected chi connectivity index (χ1v) is 7.33. The van der Waals surface area contributed by atoms with Gasteiger partial charge in [-0.25, -0.2) is 10.8 Å². The van der Waals surface area contributed by atoms with E-state index in [2.05, 4.69) is 22.7 Å². The second kappa shape index (κ2) is 6.41. The zero-order chi connectivity index (χ0) is 14.6. The van der Waals surface area contributed by atoms with Crippen molar-refractivity contribution in [3.05, 3.63) is 22.8 Å². The number of rotatable bonds is 4. The van der Waals surface area contributed by atoms with Crippen LogP contribution in [-0.4, -0.2) is 17.4 Å². The largest absolute Gasteiger partial charge is 0.350 e. The molecule has 4 N–H and O–H groups in total. The van der Waals surface area contributed by atoms with Crippen molar-refractivity contribution < 1.29 is 4.79 Å². The summed E-state index contributed by atoms with van der Waals surface area (Å²) in [5, 5.41) is 3.28. The Labute approximate surface area is 124 Å². The van der Waals surface area contributed by atoms with E-state index < -0.39 is 0 Å². The summed E-state index contributed by atoms with van der Waals surface area (Å²) >= 11 is 6.01. The first kappa shape index (κ1) is 15.1. The van der Waals surface area contributed by atoms with Crippen LogP contribution in [0.3, 0.4) is 0 Å². The summed E-state index contributed by atoms with van der Waals surface area (Å²) in [6.07, 6.45) is 6.06. The SMILES string of the molecule is CC1(CNC(=O)c2nc(NN)ccc2Cl)CCCCC1. The zero-order valence-electron chi connectivity index (χ0n) is 11.7. The number of hydrazine groups is 1. The smallest absolute Gasteiger partial charge is 0.271 e. The lowest BCUT2D eigenvalue weighted by Gasteiger charge is -2.33. The van der Waals surface area contributed by atoms with Crippen molar-refractivity contribution in [2.45, 2.75) is 39.0 Å². The lowest BCUT2D eigenvalue weighted by atomic mass is 9.76. The van der Waals surface area contributed by atoms with Crippen molar-refractivity contribution in [2.75, 3.05) is 12.0 Å². The van der Waals surface area contributed by atoms with E-state index >= 15 is 0 Å². The van der Waals surface area contributed by atoms with Crippen molar-refractivity contribution in [1.82, 2.24) is 10.3 Å². The number of amides is 1. The predicted octanol–water partition coefficient (Wildman–Crippen LogP) is 2.72. The van der Waals surface area contributed by atoms with Crippen LogP contribution >= 0.6 is 11.6 Å². The van der Waals surface area contributed by atoms with Crippen LogP contribution in [0.15, 0.2) is 12.1 Å². The lowest BCUT2D eigenvalue weighted by molar-refractivity contribution is 0.0914. The van der Waals surface area contributed by atoms with Crippen LogP contribution in [0.2, 0.25) is 5.02 Å². The fourth-order valence-corrected chi connectivity index (χ4v) is 2.83. The van der Waals surface area contributed by atoms with Crippen LogP contribution in [0, 0.1) is 5.41 Å². The van der Waals surface area contributed by atoms with E-state index in [4.69, 9.17) is 17.4 Å². The molecule has 0 bridgehead atoms. The molecule has 0 saturated heterocycles. The number of carbonyl (C=O) groups excluding carboxylic acids is 1. The number of anilines is 1. The van der Waals surface area contributed by atoms with Gasteiger partial charge in [0.05, 0.1) is 5.02 Å².